The van der Waals surface area contributed by atoms with E-state index in [9.17, 15) is 0 Å². The summed E-state index contributed by atoms with van der Waals surface area (Å²) in [5.41, 5.74) is 6.02. The molecule has 1 aliphatic carbocycles. The molecule has 60 valence electrons. The van der Waals surface area contributed by atoms with Gasteiger partial charge in [-0.25, -0.2) is 0 Å². The third kappa shape index (κ3) is 1.32. The Morgan fingerprint density at radius 2 is 1.70 bits per heavy atom. The minimum absolute atomic E-state index is 0.0469. The maximum Gasteiger partial charge on any atom is 0.0278 e. The summed E-state index contributed by atoms with van der Waals surface area (Å²) in [5, 5.41) is 0. The lowest BCUT2D eigenvalue weighted by atomic mass is 9.75. The molecule has 2 unspecified atom stereocenters. The molecule has 1 rings (SSSR count). The van der Waals surface area contributed by atoms with Crippen LogP contribution in [0.2, 0.25) is 0 Å². The predicted octanol–water partition coefficient (Wildman–Crippen LogP) is 1.97. The molecule has 0 spiro atoms. The van der Waals surface area contributed by atoms with Crippen LogP contribution in [-0.4, -0.2) is 10.3 Å². The van der Waals surface area contributed by atoms with Gasteiger partial charge in [0, 0.05) is 10.3 Å². The van der Waals surface area contributed by atoms with E-state index in [1.807, 2.05) is 0 Å². The van der Waals surface area contributed by atoms with Gasteiger partial charge in [-0.05, 0) is 26.7 Å². The summed E-state index contributed by atoms with van der Waals surface area (Å²) in [7, 11) is 0. The first-order valence-corrected chi connectivity index (χ1v) is 4.42. The quantitative estimate of drug-likeness (QED) is 0.519. The molecule has 2 atom stereocenters. The van der Waals surface area contributed by atoms with Crippen LogP contribution in [0.1, 0.15) is 39.5 Å². The van der Waals surface area contributed by atoms with Gasteiger partial charge < -0.3 is 5.73 Å². The van der Waals surface area contributed by atoms with Crippen LogP contribution < -0.4 is 5.73 Å². The van der Waals surface area contributed by atoms with E-state index in [0.717, 1.165) is 12.8 Å². The van der Waals surface area contributed by atoms with Crippen molar-refractivity contribution in [3.63, 3.8) is 0 Å². The molecule has 10 heavy (non-hydrogen) atoms. The number of nitrogens with two attached hydrogens (primary N) is 1. The van der Waals surface area contributed by atoms with Crippen molar-refractivity contribution < 1.29 is 0 Å². The van der Waals surface area contributed by atoms with E-state index in [1.165, 1.54) is 12.8 Å². The minimum Gasteiger partial charge on any atom is -0.324 e. The van der Waals surface area contributed by atoms with Crippen molar-refractivity contribution in [2.24, 2.45) is 5.73 Å². The first-order chi connectivity index (χ1) is 4.46. The predicted molar refractivity (Wildman–Crippen MR) is 48.5 cm³/mol. The van der Waals surface area contributed by atoms with Gasteiger partial charge in [-0.2, -0.15) is 12.6 Å². The van der Waals surface area contributed by atoms with E-state index < -0.39 is 0 Å². The molecule has 0 saturated heterocycles. The highest BCUT2D eigenvalue weighted by Gasteiger charge is 2.40. The summed E-state index contributed by atoms with van der Waals surface area (Å²) in [5.74, 6) is 0. The molecule has 0 aromatic rings. The number of rotatable bonds is 0. The molecule has 0 aromatic carbocycles. The lowest BCUT2D eigenvalue weighted by molar-refractivity contribution is 0.260. The Bertz CT molecular complexity index is 113. The van der Waals surface area contributed by atoms with Crippen LogP contribution in [0.25, 0.3) is 0 Å². The lowest BCUT2D eigenvalue weighted by Gasteiger charge is -2.44. The minimum atomic E-state index is -0.0611. The second-order valence-electron chi connectivity index (χ2n) is 3.90. The fourth-order valence-electron chi connectivity index (χ4n) is 1.52. The molecule has 0 heterocycles. The van der Waals surface area contributed by atoms with Crippen molar-refractivity contribution in [1.29, 1.82) is 0 Å². The fraction of sp³-hybridized carbons (Fsp3) is 1.00. The summed E-state index contributed by atoms with van der Waals surface area (Å²) in [4.78, 5) is 0. The van der Waals surface area contributed by atoms with E-state index in [2.05, 4.69) is 26.5 Å². The molecule has 1 saturated carbocycles. The molecule has 1 aliphatic rings. The summed E-state index contributed by atoms with van der Waals surface area (Å²) in [6.07, 6.45) is 4.83. The van der Waals surface area contributed by atoms with Gasteiger partial charge in [0.2, 0.25) is 0 Å². The summed E-state index contributed by atoms with van der Waals surface area (Å²) >= 11 is 4.57. The van der Waals surface area contributed by atoms with Gasteiger partial charge in [-0.15, -0.1) is 0 Å². The molecule has 2 N–H and O–H groups in total. The maximum atomic E-state index is 6.08. The Labute approximate surface area is 68.8 Å². The van der Waals surface area contributed by atoms with Gasteiger partial charge in [0.1, 0.15) is 0 Å². The maximum absolute atomic E-state index is 6.08. The Hall–Kier alpha value is 0.310. The molecule has 0 radical (unpaired) electrons. The van der Waals surface area contributed by atoms with Crippen LogP contribution in [0.3, 0.4) is 0 Å². The summed E-state index contributed by atoms with van der Waals surface area (Å²) in [6.45, 7) is 4.26. The van der Waals surface area contributed by atoms with E-state index >= 15 is 0 Å². The standard InChI is InChI=1S/C8H17NS/c1-7(9)5-3-4-6-8(7,2)10/h10H,3-6,9H2,1-2H3. The second kappa shape index (κ2) is 2.42. The first-order valence-electron chi connectivity index (χ1n) is 3.97. The van der Waals surface area contributed by atoms with Crippen molar-refractivity contribution >= 4 is 12.6 Å². The van der Waals surface area contributed by atoms with Crippen molar-refractivity contribution in [1.82, 2.24) is 0 Å². The van der Waals surface area contributed by atoms with Gasteiger partial charge >= 0.3 is 0 Å². The van der Waals surface area contributed by atoms with Crippen molar-refractivity contribution in [2.75, 3.05) is 0 Å². The van der Waals surface area contributed by atoms with Crippen LogP contribution in [0.15, 0.2) is 0 Å². The smallest absolute Gasteiger partial charge is 0.0278 e. The molecule has 2 heteroatoms. The highest BCUT2D eigenvalue weighted by Crippen LogP contribution is 2.39. The van der Waals surface area contributed by atoms with Gasteiger partial charge in [-0.1, -0.05) is 12.8 Å². The average Bonchev–Trinajstić information content (AvgIpc) is 1.77. The van der Waals surface area contributed by atoms with E-state index in [0.29, 0.717) is 0 Å². The van der Waals surface area contributed by atoms with Crippen molar-refractivity contribution in [3.05, 3.63) is 0 Å². The van der Waals surface area contributed by atoms with Crippen LogP contribution in [0.4, 0.5) is 0 Å². The Balaban J connectivity index is 2.70. The van der Waals surface area contributed by atoms with Crippen LogP contribution in [-0.2, 0) is 0 Å². The normalized spacial score (nSPS) is 49.2. The molecule has 0 bridgehead atoms. The zero-order chi connectivity index (χ0) is 7.83. The molecular weight excluding hydrogens is 142 g/mol. The first kappa shape index (κ1) is 8.41. The van der Waals surface area contributed by atoms with Crippen LogP contribution in [0, 0.1) is 0 Å². The Kier molecular flexibility index (Phi) is 2.03. The van der Waals surface area contributed by atoms with Crippen LogP contribution >= 0.6 is 12.6 Å². The Morgan fingerprint density at radius 1 is 1.20 bits per heavy atom. The van der Waals surface area contributed by atoms with E-state index in [1.54, 1.807) is 0 Å². The van der Waals surface area contributed by atoms with Gasteiger partial charge in [-0.3, -0.25) is 0 Å². The van der Waals surface area contributed by atoms with Gasteiger partial charge in [0.05, 0.1) is 0 Å². The van der Waals surface area contributed by atoms with Gasteiger partial charge in [0.15, 0.2) is 0 Å². The summed E-state index contributed by atoms with van der Waals surface area (Å²) < 4.78 is 0.0469. The number of thiol groups is 1. The summed E-state index contributed by atoms with van der Waals surface area (Å²) in [6, 6.07) is 0. The average molecular weight is 159 g/mol. The SMILES string of the molecule is CC1(N)CCCCC1(C)S. The molecule has 1 fully saturated rings. The highest BCUT2D eigenvalue weighted by atomic mass is 32.1. The number of hydrogen-bond acceptors (Lipinski definition) is 2. The largest absolute Gasteiger partial charge is 0.324 e. The third-order valence-corrected chi connectivity index (χ3v) is 3.57. The monoisotopic (exact) mass is 159 g/mol. The molecule has 0 aliphatic heterocycles. The van der Waals surface area contributed by atoms with Crippen LogP contribution in [0.5, 0.6) is 0 Å². The zero-order valence-electron chi connectivity index (χ0n) is 6.85. The fourth-order valence-corrected chi connectivity index (χ4v) is 1.79. The van der Waals surface area contributed by atoms with Gasteiger partial charge in [0.25, 0.3) is 0 Å². The highest BCUT2D eigenvalue weighted by molar-refractivity contribution is 7.81. The molecule has 1 nitrogen and oxygen atoms in total. The van der Waals surface area contributed by atoms with E-state index in [4.69, 9.17) is 5.73 Å². The third-order valence-electron chi connectivity index (χ3n) is 2.84. The van der Waals surface area contributed by atoms with Crippen molar-refractivity contribution in [2.45, 2.75) is 49.8 Å². The second-order valence-corrected chi connectivity index (χ2v) is 4.89. The molecule has 0 amide bonds. The topological polar surface area (TPSA) is 26.0 Å². The van der Waals surface area contributed by atoms with E-state index in [-0.39, 0.29) is 10.3 Å². The lowest BCUT2D eigenvalue weighted by Crippen LogP contribution is -2.55. The Morgan fingerprint density at radius 3 is 2.00 bits per heavy atom. The molecular formula is C8H17NS. The number of hydrogen-bond donors (Lipinski definition) is 2. The van der Waals surface area contributed by atoms with Crippen molar-refractivity contribution in [3.8, 4) is 0 Å². The molecule has 0 aromatic heterocycles. The zero-order valence-corrected chi connectivity index (χ0v) is 7.75.